The molecule has 2 rings (SSSR count). The van der Waals surface area contributed by atoms with E-state index in [0.717, 1.165) is 16.6 Å². The van der Waals surface area contributed by atoms with Crippen LogP contribution >= 0.6 is 15.9 Å². The van der Waals surface area contributed by atoms with Crippen LogP contribution < -0.4 is 0 Å². The Labute approximate surface area is 116 Å². The monoisotopic (exact) mass is 311 g/mol. The molecule has 1 saturated heterocycles. The van der Waals surface area contributed by atoms with E-state index < -0.39 is 5.97 Å². The molecular formula is C14H18BrNO2. The van der Waals surface area contributed by atoms with Gasteiger partial charge in [0, 0.05) is 29.5 Å². The van der Waals surface area contributed by atoms with Gasteiger partial charge in [-0.3, -0.25) is 9.69 Å². The zero-order valence-corrected chi connectivity index (χ0v) is 12.2. The Hall–Kier alpha value is -0.870. The molecule has 0 aromatic heterocycles. The zero-order valence-electron chi connectivity index (χ0n) is 10.6. The van der Waals surface area contributed by atoms with Gasteiger partial charge in [-0.1, -0.05) is 34.1 Å². The fraction of sp³-hybridized carbons (Fsp3) is 0.500. The molecule has 0 spiro atoms. The van der Waals surface area contributed by atoms with E-state index in [1.807, 2.05) is 24.3 Å². The van der Waals surface area contributed by atoms with Gasteiger partial charge in [0.1, 0.15) is 0 Å². The van der Waals surface area contributed by atoms with E-state index in [-0.39, 0.29) is 11.8 Å². The molecule has 3 nitrogen and oxygen atoms in total. The molecule has 0 saturated carbocycles. The van der Waals surface area contributed by atoms with E-state index in [1.165, 1.54) is 0 Å². The molecule has 1 aromatic carbocycles. The average molecular weight is 312 g/mol. The number of halogens is 1. The number of carboxylic acid groups (broad SMARTS) is 1. The van der Waals surface area contributed by atoms with Crippen molar-refractivity contribution in [2.75, 3.05) is 13.1 Å². The van der Waals surface area contributed by atoms with Gasteiger partial charge in [0.25, 0.3) is 0 Å². The Kier molecular flexibility index (Phi) is 4.07. The second-order valence-corrected chi connectivity index (χ2v) is 5.97. The van der Waals surface area contributed by atoms with Crippen molar-refractivity contribution in [2.45, 2.75) is 25.8 Å². The molecule has 1 N–H and O–H groups in total. The van der Waals surface area contributed by atoms with Gasteiger partial charge in [0.2, 0.25) is 0 Å². The molecule has 18 heavy (non-hydrogen) atoms. The van der Waals surface area contributed by atoms with E-state index in [0.29, 0.717) is 12.6 Å². The van der Waals surface area contributed by atoms with Crippen LogP contribution in [0, 0.1) is 5.92 Å². The minimum absolute atomic E-state index is 0.0699. The van der Waals surface area contributed by atoms with Crippen LogP contribution in [-0.2, 0) is 4.79 Å². The van der Waals surface area contributed by atoms with Crippen LogP contribution in [0.25, 0.3) is 0 Å². The summed E-state index contributed by atoms with van der Waals surface area (Å²) in [6.45, 7) is 5.68. The van der Waals surface area contributed by atoms with E-state index in [4.69, 9.17) is 0 Å². The van der Waals surface area contributed by atoms with E-state index in [1.54, 1.807) is 0 Å². The summed E-state index contributed by atoms with van der Waals surface area (Å²) in [6.07, 6.45) is 0. The van der Waals surface area contributed by atoms with Crippen LogP contribution in [0.15, 0.2) is 28.7 Å². The van der Waals surface area contributed by atoms with Gasteiger partial charge in [-0.05, 0) is 25.5 Å². The lowest BCUT2D eigenvalue weighted by atomic mass is 9.89. The lowest BCUT2D eigenvalue weighted by Gasteiger charge is -2.20. The Morgan fingerprint density at radius 1 is 1.39 bits per heavy atom. The minimum atomic E-state index is -0.695. The van der Waals surface area contributed by atoms with Crippen molar-refractivity contribution in [2.24, 2.45) is 5.92 Å². The number of hydrogen-bond acceptors (Lipinski definition) is 2. The van der Waals surface area contributed by atoms with Crippen molar-refractivity contribution in [1.82, 2.24) is 4.90 Å². The normalized spacial score (nSPS) is 24.7. The van der Waals surface area contributed by atoms with Crippen molar-refractivity contribution in [3.63, 3.8) is 0 Å². The van der Waals surface area contributed by atoms with Gasteiger partial charge in [-0.15, -0.1) is 0 Å². The molecular weight excluding hydrogens is 294 g/mol. The summed E-state index contributed by atoms with van der Waals surface area (Å²) in [5.74, 6) is -0.939. The number of carbonyl (C=O) groups is 1. The van der Waals surface area contributed by atoms with Gasteiger partial charge in [-0.2, -0.15) is 0 Å². The second kappa shape index (κ2) is 5.41. The molecule has 98 valence electrons. The van der Waals surface area contributed by atoms with Gasteiger partial charge in [-0.25, -0.2) is 0 Å². The Balaban J connectivity index is 2.30. The predicted molar refractivity (Wildman–Crippen MR) is 74.7 cm³/mol. The van der Waals surface area contributed by atoms with Crippen LogP contribution in [0.2, 0.25) is 0 Å². The third-order valence-corrected chi connectivity index (χ3v) is 4.42. The Morgan fingerprint density at radius 3 is 2.61 bits per heavy atom. The lowest BCUT2D eigenvalue weighted by Crippen LogP contribution is -2.29. The molecule has 1 aliphatic heterocycles. The van der Waals surface area contributed by atoms with Crippen molar-refractivity contribution >= 4 is 21.9 Å². The first-order chi connectivity index (χ1) is 8.50. The van der Waals surface area contributed by atoms with Crippen LogP contribution in [0.1, 0.15) is 25.3 Å². The molecule has 1 aromatic rings. The minimum Gasteiger partial charge on any atom is -0.481 e. The van der Waals surface area contributed by atoms with Crippen LogP contribution in [0.4, 0.5) is 0 Å². The van der Waals surface area contributed by atoms with Gasteiger partial charge in [0.05, 0.1) is 5.92 Å². The SMILES string of the molecule is CC(C)N1CC(C(=O)O)C(c2ccccc2Br)C1. The number of nitrogens with zero attached hydrogens (tertiary/aromatic N) is 1. The summed E-state index contributed by atoms with van der Waals surface area (Å²) < 4.78 is 1.01. The summed E-state index contributed by atoms with van der Waals surface area (Å²) in [6, 6.07) is 8.32. The maximum atomic E-state index is 11.4. The predicted octanol–water partition coefficient (Wildman–Crippen LogP) is 2.96. The topological polar surface area (TPSA) is 40.5 Å². The maximum absolute atomic E-state index is 11.4. The number of carboxylic acids is 1. The maximum Gasteiger partial charge on any atom is 0.308 e. The first-order valence-corrected chi connectivity index (χ1v) is 7.01. The fourth-order valence-electron chi connectivity index (χ4n) is 2.60. The smallest absolute Gasteiger partial charge is 0.308 e. The number of rotatable bonds is 3. The third kappa shape index (κ3) is 2.59. The second-order valence-electron chi connectivity index (χ2n) is 5.12. The highest BCUT2D eigenvalue weighted by atomic mass is 79.9. The summed E-state index contributed by atoms with van der Waals surface area (Å²) in [5, 5.41) is 9.39. The molecule has 1 heterocycles. The summed E-state index contributed by atoms with van der Waals surface area (Å²) in [4.78, 5) is 13.7. The summed E-state index contributed by atoms with van der Waals surface area (Å²) in [7, 11) is 0. The fourth-order valence-corrected chi connectivity index (χ4v) is 3.18. The first-order valence-electron chi connectivity index (χ1n) is 6.22. The number of likely N-dealkylation sites (tertiary alicyclic amines) is 1. The van der Waals surface area contributed by atoms with E-state index in [9.17, 15) is 9.90 Å². The van der Waals surface area contributed by atoms with Crippen molar-refractivity contribution in [3.8, 4) is 0 Å². The average Bonchev–Trinajstić information content (AvgIpc) is 2.74. The van der Waals surface area contributed by atoms with Crippen molar-refractivity contribution < 1.29 is 9.90 Å². The molecule has 0 bridgehead atoms. The van der Waals surface area contributed by atoms with Gasteiger partial charge in [0.15, 0.2) is 0 Å². The number of benzene rings is 1. The molecule has 0 amide bonds. The van der Waals surface area contributed by atoms with E-state index in [2.05, 4.69) is 34.7 Å². The molecule has 1 aliphatic rings. The summed E-state index contributed by atoms with van der Waals surface area (Å²) in [5.41, 5.74) is 1.10. The quantitative estimate of drug-likeness (QED) is 0.933. The first kappa shape index (κ1) is 13.6. The zero-order chi connectivity index (χ0) is 13.3. The van der Waals surface area contributed by atoms with E-state index >= 15 is 0 Å². The highest BCUT2D eigenvalue weighted by molar-refractivity contribution is 9.10. The number of hydrogen-bond donors (Lipinski definition) is 1. The van der Waals surface area contributed by atoms with Crippen LogP contribution in [0.5, 0.6) is 0 Å². The highest BCUT2D eigenvalue weighted by Gasteiger charge is 2.39. The van der Waals surface area contributed by atoms with Crippen molar-refractivity contribution in [3.05, 3.63) is 34.3 Å². The third-order valence-electron chi connectivity index (χ3n) is 3.70. The molecule has 2 atom stereocenters. The molecule has 0 radical (unpaired) electrons. The Bertz CT molecular complexity index is 447. The lowest BCUT2D eigenvalue weighted by molar-refractivity contribution is -0.141. The standard InChI is InChI=1S/C14H18BrNO2/c1-9(2)16-7-11(12(8-16)14(17)18)10-5-3-4-6-13(10)15/h3-6,9,11-12H,7-8H2,1-2H3,(H,17,18). The molecule has 4 heteroatoms. The van der Waals surface area contributed by atoms with Gasteiger partial charge < -0.3 is 5.11 Å². The molecule has 1 fully saturated rings. The van der Waals surface area contributed by atoms with Crippen LogP contribution in [-0.4, -0.2) is 35.1 Å². The van der Waals surface area contributed by atoms with Gasteiger partial charge >= 0.3 is 5.97 Å². The molecule has 2 unspecified atom stereocenters. The summed E-state index contributed by atoms with van der Waals surface area (Å²) >= 11 is 3.53. The Morgan fingerprint density at radius 2 is 2.06 bits per heavy atom. The number of aliphatic carboxylic acids is 1. The van der Waals surface area contributed by atoms with Crippen molar-refractivity contribution in [1.29, 1.82) is 0 Å². The highest BCUT2D eigenvalue weighted by Crippen LogP contribution is 2.37. The largest absolute Gasteiger partial charge is 0.481 e. The van der Waals surface area contributed by atoms with Crippen LogP contribution in [0.3, 0.4) is 0 Å². The molecule has 0 aliphatic carbocycles.